The molecule has 0 bridgehead atoms. The first-order valence-corrected chi connectivity index (χ1v) is 8.06. The van der Waals surface area contributed by atoms with Crippen molar-refractivity contribution in [3.05, 3.63) is 69.8 Å². The Kier molecular flexibility index (Phi) is 4.54. The van der Waals surface area contributed by atoms with Gasteiger partial charge in [0.1, 0.15) is 0 Å². The summed E-state index contributed by atoms with van der Waals surface area (Å²) in [4.78, 5) is 22.8. The summed E-state index contributed by atoms with van der Waals surface area (Å²) < 4.78 is 41.9. The van der Waals surface area contributed by atoms with Crippen molar-refractivity contribution < 1.29 is 28.0 Å². The van der Waals surface area contributed by atoms with E-state index >= 15 is 0 Å². The van der Waals surface area contributed by atoms with E-state index in [-0.39, 0.29) is 24.3 Å². The summed E-state index contributed by atoms with van der Waals surface area (Å²) in [6.07, 6.45) is -5.64. The molecule has 27 heavy (non-hydrogen) atoms. The number of aryl methyl sites for hydroxylation is 1. The zero-order valence-electron chi connectivity index (χ0n) is 13.9. The maximum absolute atomic E-state index is 14.0. The van der Waals surface area contributed by atoms with Gasteiger partial charge in [0.25, 0.3) is 5.69 Å². The summed E-state index contributed by atoms with van der Waals surface area (Å²) in [5, 5.41) is 20.3. The fourth-order valence-corrected chi connectivity index (χ4v) is 3.41. The van der Waals surface area contributed by atoms with Gasteiger partial charge in [-0.1, -0.05) is 30.3 Å². The van der Waals surface area contributed by atoms with Crippen LogP contribution in [0.1, 0.15) is 17.5 Å². The predicted octanol–water partition coefficient (Wildman–Crippen LogP) is 3.93. The Bertz CT molecular complexity index is 883. The van der Waals surface area contributed by atoms with Crippen LogP contribution in [0, 0.1) is 10.1 Å². The number of para-hydroxylation sites is 1. The Morgan fingerprint density at radius 3 is 2.37 bits per heavy atom. The van der Waals surface area contributed by atoms with Crippen molar-refractivity contribution in [1.29, 1.82) is 0 Å². The Labute approximate surface area is 152 Å². The van der Waals surface area contributed by atoms with E-state index < -0.39 is 29.0 Å². The number of hydrogen-bond donors (Lipinski definition) is 1. The summed E-state index contributed by atoms with van der Waals surface area (Å²) in [7, 11) is 0. The second-order valence-corrected chi connectivity index (χ2v) is 6.30. The number of non-ortho nitro benzene ring substituents is 1. The molecule has 0 aromatic heterocycles. The third kappa shape index (κ3) is 3.09. The highest BCUT2D eigenvalue weighted by Gasteiger charge is 2.65. The fourth-order valence-electron chi connectivity index (χ4n) is 3.41. The number of nitro benzene ring substituents is 1. The standard InChI is InChI=1S/C18H15F3N2O4/c19-18(20,21)17(16(24)25)10-9-13-3-1-2-4-15(13)22(17)11-12-5-7-14(8-6-12)23(26)27/h1-8H,9-11H2,(H,24,25). The molecule has 0 spiro atoms. The van der Waals surface area contributed by atoms with Gasteiger partial charge < -0.3 is 10.0 Å². The van der Waals surface area contributed by atoms with Crippen LogP contribution in [0.25, 0.3) is 0 Å². The van der Waals surface area contributed by atoms with Crippen molar-refractivity contribution in [3.8, 4) is 0 Å². The van der Waals surface area contributed by atoms with Crippen molar-refractivity contribution in [2.75, 3.05) is 4.90 Å². The van der Waals surface area contributed by atoms with Gasteiger partial charge in [0.05, 0.1) is 4.92 Å². The number of nitro groups is 1. The quantitative estimate of drug-likeness (QED) is 0.642. The van der Waals surface area contributed by atoms with Gasteiger partial charge in [0.15, 0.2) is 0 Å². The number of hydrogen-bond acceptors (Lipinski definition) is 4. The number of rotatable bonds is 4. The highest BCUT2D eigenvalue weighted by atomic mass is 19.4. The summed E-state index contributed by atoms with van der Waals surface area (Å²) >= 11 is 0. The van der Waals surface area contributed by atoms with E-state index in [9.17, 15) is 33.2 Å². The Morgan fingerprint density at radius 1 is 1.19 bits per heavy atom. The number of anilines is 1. The summed E-state index contributed by atoms with van der Waals surface area (Å²) in [6.45, 7) is -0.346. The second-order valence-electron chi connectivity index (χ2n) is 6.30. The largest absolute Gasteiger partial charge is 0.479 e. The fraction of sp³-hybridized carbons (Fsp3) is 0.278. The van der Waals surface area contributed by atoms with Crippen molar-refractivity contribution >= 4 is 17.3 Å². The van der Waals surface area contributed by atoms with Crippen LogP contribution in [0.4, 0.5) is 24.5 Å². The van der Waals surface area contributed by atoms with Gasteiger partial charge in [-0.25, -0.2) is 4.79 Å². The number of carboxylic acid groups (broad SMARTS) is 1. The van der Waals surface area contributed by atoms with E-state index in [4.69, 9.17) is 0 Å². The highest BCUT2D eigenvalue weighted by molar-refractivity contribution is 5.86. The average Bonchev–Trinajstić information content (AvgIpc) is 2.61. The average molecular weight is 380 g/mol. The zero-order chi connectivity index (χ0) is 19.8. The molecule has 3 rings (SSSR count). The van der Waals surface area contributed by atoms with Crippen LogP contribution in [0.3, 0.4) is 0 Å². The van der Waals surface area contributed by atoms with Gasteiger partial charge in [0.2, 0.25) is 5.54 Å². The van der Waals surface area contributed by atoms with E-state index in [0.29, 0.717) is 11.1 Å². The van der Waals surface area contributed by atoms with Crippen molar-refractivity contribution in [3.63, 3.8) is 0 Å². The number of halogens is 3. The van der Waals surface area contributed by atoms with Gasteiger partial charge in [-0.3, -0.25) is 10.1 Å². The molecule has 0 saturated heterocycles. The third-order valence-corrected chi connectivity index (χ3v) is 4.81. The molecule has 1 unspecified atom stereocenters. The lowest BCUT2D eigenvalue weighted by atomic mass is 9.82. The first-order chi connectivity index (χ1) is 12.7. The SMILES string of the molecule is O=C(O)C1(C(F)(F)F)CCc2ccccc2N1Cc1ccc([N+](=O)[O-])cc1. The first-order valence-electron chi connectivity index (χ1n) is 8.06. The highest BCUT2D eigenvalue weighted by Crippen LogP contribution is 2.47. The normalized spacial score (nSPS) is 19.4. The van der Waals surface area contributed by atoms with Crippen molar-refractivity contribution in [1.82, 2.24) is 0 Å². The third-order valence-electron chi connectivity index (χ3n) is 4.81. The molecule has 0 radical (unpaired) electrons. The first kappa shape index (κ1) is 18.7. The number of fused-ring (bicyclic) bond motifs is 1. The van der Waals surface area contributed by atoms with Crippen LogP contribution >= 0.6 is 0 Å². The van der Waals surface area contributed by atoms with Crippen LogP contribution in [-0.4, -0.2) is 27.7 Å². The van der Waals surface area contributed by atoms with Crippen molar-refractivity contribution in [2.24, 2.45) is 0 Å². The van der Waals surface area contributed by atoms with E-state index in [0.717, 1.165) is 4.90 Å². The second kappa shape index (κ2) is 6.57. The molecule has 1 aliphatic heterocycles. The van der Waals surface area contributed by atoms with Gasteiger partial charge in [0, 0.05) is 24.4 Å². The van der Waals surface area contributed by atoms with Gasteiger partial charge in [-0.2, -0.15) is 13.2 Å². The van der Waals surface area contributed by atoms with E-state index in [1.165, 1.54) is 30.3 Å². The summed E-state index contributed by atoms with van der Waals surface area (Å²) in [5.74, 6) is -1.97. The Balaban J connectivity index is 2.10. The van der Waals surface area contributed by atoms with E-state index in [1.807, 2.05) is 0 Å². The minimum Gasteiger partial charge on any atom is -0.479 e. The smallest absolute Gasteiger partial charge is 0.422 e. The summed E-state index contributed by atoms with van der Waals surface area (Å²) in [5.41, 5.74) is -2.10. The van der Waals surface area contributed by atoms with Crippen LogP contribution in [0.2, 0.25) is 0 Å². The number of carbonyl (C=O) groups is 1. The molecule has 9 heteroatoms. The van der Waals surface area contributed by atoms with Gasteiger partial charge >= 0.3 is 12.1 Å². The Morgan fingerprint density at radius 2 is 1.81 bits per heavy atom. The molecule has 2 aromatic rings. The maximum Gasteiger partial charge on any atom is 0.422 e. The molecule has 2 aromatic carbocycles. The molecule has 142 valence electrons. The summed E-state index contributed by atoms with van der Waals surface area (Å²) in [6, 6.07) is 11.4. The van der Waals surface area contributed by atoms with Crippen LogP contribution in [0.15, 0.2) is 48.5 Å². The monoisotopic (exact) mass is 380 g/mol. The molecule has 1 N–H and O–H groups in total. The van der Waals surface area contributed by atoms with Gasteiger partial charge in [-0.15, -0.1) is 0 Å². The van der Waals surface area contributed by atoms with Crippen LogP contribution in [-0.2, 0) is 17.8 Å². The lowest BCUT2D eigenvalue weighted by molar-refractivity contribution is -0.384. The number of aliphatic carboxylic acids is 1. The molecule has 0 fully saturated rings. The minimum absolute atomic E-state index is 0.0151. The molecule has 1 atom stereocenters. The van der Waals surface area contributed by atoms with E-state index in [1.54, 1.807) is 18.2 Å². The Hall–Kier alpha value is -3.10. The lowest BCUT2D eigenvalue weighted by Crippen LogP contribution is -2.65. The predicted molar refractivity (Wildman–Crippen MR) is 90.5 cm³/mol. The number of alkyl halides is 3. The number of carboxylic acids is 1. The molecule has 1 heterocycles. The zero-order valence-corrected chi connectivity index (χ0v) is 13.9. The molecular weight excluding hydrogens is 365 g/mol. The van der Waals surface area contributed by atoms with Gasteiger partial charge in [-0.05, 0) is 30.0 Å². The molecule has 0 aliphatic carbocycles. The maximum atomic E-state index is 14.0. The molecular formula is C18H15F3N2O4. The van der Waals surface area contributed by atoms with Crippen LogP contribution in [0.5, 0.6) is 0 Å². The molecule has 0 amide bonds. The van der Waals surface area contributed by atoms with Crippen molar-refractivity contribution in [2.45, 2.75) is 31.1 Å². The lowest BCUT2D eigenvalue weighted by Gasteiger charge is -2.46. The minimum atomic E-state index is -5.01. The van der Waals surface area contributed by atoms with E-state index in [2.05, 4.69) is 0 Å². The molecule has 1 aliphatic rings. The molecule has 0 saturated carbocycles. The topological polar surface area (TPSA) is 83.7 Å². The number of benzene rings is 2. The van der Waals surface area contributed by atoms with Crippen LogP contribution < -0.4 is 4.90 Å². The number of nitrogens with zero attached hydrogens (tertiary/aromatic N) is 2. The molecule has 6 nitrogen and oxygen atoms in total.